The Kier molecular flexibility index (Phi) is 4.29. The normalized spacial score (nSPS) is 11.6. The van der Waals surface area contributed by atoms with Crippen LogP contribution in [0.15, 0.2) is 63.4 Å². The Morgan fingerprint density at radius 1 is 1.35 bits per heavy atom. The van der Waals surface area contributed by atoms with Crippen molar-refractivity contribution in [3.8, 4) is 0 Å². The summed E-state index contributed by atoms with van der Waals surface area (Å²) < 4.78 is 5.39. The Bertz CT molecular complexity index is 836. The molecule has 0 spiro atoms. The summed E-state index contributed by atoms with van der Waals surface area (Å²) in [4.78, 5) is 16.9. The van der Waals surface area contributed by atoms with Crippen molar-refractivity contribution in [3.63, 3.8) is 0 Å². The molecule has 0 amide bonds. The van der Waals surface area contributed by atoms with E-state index in [1.54, 1.807) is 6.07 Å². The third kappa shape index (κ3) is 3.70. The Hall–Kier alpha value is -2.80. The average Bonchev–Trinajstić information content (AvgIpc) is 3.21. The first-order chi connectivity index (χ1) is 11.1. The predicted octanol–water partition coefficient (Wildman–Crippen LogP) is 3.64. The monoisotopic (exact) mass is 327 g/mol. The number of carbonyl (C=O) groups excluding carboxylic acids is 1. The van der Waals surface area contributed by atoms with Gasteiger partial charge in [0.1, 0.15) is 12.6 Å². The van der Waals surface area contributed by atoms with E-state index in [1.165, 1.54) is 29.9 Å². The molecular formula is C16H13N3O3S. The molecule has 0 fully saturated rings. The number of nitrogens with one attached hydrogen (secondary N) is 1. The number of aliphatic hydroxyl groups excluding tert-OH is 1. The molecule has 2 aromatic heterocycles. The molecular weight excluding hydrogens is 314 g/mol. The minimum atomic E-state index is -0.383. The third-order valence-electron chi connectivity index (χ3n) is 3.01. The van der Waals surface area contributed by atoms with E-state index in [2.05, 4.69) is 15.2 Å². The van der Waals surface area contributed by atoms with Gasteiger partial charge in [-0.3, -0.25) is 9.89 Å². The van der Waals surface area contributed by atoms with Crippen LogP contribution in [0.5, 0.6) is 0 Å². The number of nitrogens with zero attached hydrogens (tertiary/aromatic N) is 2. The summed E-state index contributed by atoms with van der Waals surface area (Å²) in [5.74, 6) is -0.618. The van der Waals surface area contributed by atoms with Crippen LogP contribution in [0.3, 0.4) is 0 Å². The topological polar surface area (TPSA) is 92.0 Å². The predicted molar refractivity (Wildman–Crippen MR) is 85.3 cm³/mol. The van der Waals surface area contributed by atoms with E-state index in [0.29, 0.717) is 10.7 Å². The average molecular weight is 327 g/mol. The highest BCUT2D eigenvalue weighted by molar-refractivity contribution is 7.99. The molecule has 0 bridgehead atoms. The number of ketones is 1. The molecule has 0 radical (unpaired) electrons. The maximum absolute atomic E-state index is 12.1. The SMILES string of the molecule is Cc1ccc(Sc2cc(C(=O)C=C(O)c3nc[nH]n3)co2)cc1. The third-order valence-corrected chi connectivity index (χ3v) is 3.93. The number of H-pyrrole nitrogens is 1. The van der Waals surface area contributed by atoms with E-state index in [1.807, 2.05) is 31.2 Å². The van der Waals surface area contributed by atoms with Gasteiger partial charge in [0, 0.05) is 17.0 Å². The number of allylic oxidation sites excluding steroid dienone is 1. The summed E-state index contributed by atoms with van der Waals surface area (Å²) in [5, 5.41) is 16.5. The van der Waals surface area contributed by atoms with Gasteiger partial charge in [-0.05, 0) is 19.1 Å². The number of carbonyl (C=O) groups is 1. The van der Waals surface area contributed by atoms with Crippen molar-refractivity contribution in [3.05, 3.63) is 65.9 Å². The van der Waals surface area contributed by atoms with Crippen LogP contribution < -0.4 is 0 Å². The van der Waals surface area contributed by atoms with Gasteiger partial charge in [-0.15, -0.1) is 0 Å². The number of aromatic amines is 1. The number of aromatic nitrogens is 3. The van der Waals surface area contributed by atoms with Crippen LogP contribution in [0, 0.1) is 6.92 Å². The lowest BCUT2D eigenvalue weighted by Gasteiger charge is -1.97. The number of aliphatic hydroxyl groups is 1. The lowest BCUT2D eigenvalue weighted by molar-refractivity contribution is 0.104. The van der Waals surface area contributed by atoms with Crippen molar-refractivity contribution in [1.29, 1.82) is 0 Å². The van der Waals surface area contributed by atoms with E-state index in [-0.39, 0.29) is 17.4 Å². The molecule has 0 saturated carbocycles. The lowest BCUT2D eigenvalue weighted by Crippen LogP contribution is -1.95. The van der Waals surface area contributed by atoms with Gasteiger partial charge in [0.15, 0.2) is 16.6 Å². The van der Waals surface area contributed by atoms with E-state index in [9.17, 15) is 9.90 Å². The fourth-order valence-electron chi connectivity index (χ4n) is 1.83. The first-order valence-electron chi connectivity index (χ1n) is 6.76. The Balaban J connectivity index is 1.72. The van der Waals surface area contributed by atoms with Crippen molar-refractivity contribution in [2.75, 3.05) is 0 Å². The van der Waals surface area contributed by atoms with Gasteiger partial charge in [0.05, 0.1) is 5.56 Å². The number of benzene rings is 1. The van der Waals surface area contributed by atoms with Gasteiger partial charge >= 0.3 is 0 Å². The molecule has 116 valence electrons. The summed E-state index contributed by atoms with van der Waals surface area (Å²) in [6.07, 6.45) is 3.74. The number of hydrogen-bond acceptors (Lipinski definition) is 6. The number of aryl methyl sites for hydroxylation is 1. The number of furan rings is 1. The van der Waals surface area contributed by atoms with Crippen LogP contribution in [0.2, 0.25) is 0 Å². The summed E-state index contributed by atoms with van der Waals surface area (Å²) in [7, 11) is 0. The van der Waals surface area contributed by atoms with Crippen LogP contribution in [0.25, 0.3) is 5.76 Å². The summed E-state index contributed by atoms with van der Waals surface area (Å²) in [5.41, 5.74) is 1.53. The van der Waals surface area contributed by atoms with Crippen molar-refractivity contribution in [2.45, 2.75) is 16.9 Å². The maximum atomic E-state index is 12.1. The first-order valence-corrected chi connectivity index (χ1v) is 7.57. The molecule has 0 unspecified atom stereocenters. The zero-order valence-corrected chi connectivity index (χ0v) is 13.0. The molecule has 23 heavy (non-hydrogen) atoms. The largest absolute Gasteiger partial charge is 0.504 e. The first kappa shape index (κ1) is 15.1. The lowest BCUT2D eigenvalue weighted by atomic mass is 10.2. The van der Waals surface area contributed by atoms with E-state index < -0.39 is 0 Å². The number of rotatable bonds is 5. The van der Waals surface area contributed by atoms with Crippen molar-refractivity contribution >= 4 is 23.3 Å². The fraction of sp³-hybridized carbons (Fsp3) is 0.0625. The summed E-state index contributed by atoms with van der Waals surface area (Å²) in [6, 6.07) is 9.62. The van der Waals surface area contributed by atoms with Crippen LogP contribution in [-0.4, -0.2) is 26.1 Å². The van der Waals surface area contributed by atoms with Crippen LogP contribution in [-0.2, 0) is 0 Å². The van der Waals surface area contributed by atoms with Crippen LogP contribution >= 0.6 is 11.8 Å². The van der Waals surface area contributed by atoms with Crippen molar-refractivity contribution in [2.24, 2.45) is 0 Å². The van der Waals surface area contributed by atoms with Crippen LogP contribution in [0.1, 0.15) is 21.7 Å². The highest BCUT2D eigenvalue weighted by atomic mass is 32.2. The molecule has 0 saturated heterocycles. The van der Waals surface area contributed by atoms with Crippen molar-refractivity contribution < 1.29 is 14.3 Å². The molecule has 7 heteroatoms. The van der Waals surface area contributed by atoms with Gasteiger partial charge in [-0.25, -0.2) is 4.98 Å². The quantitative estimate of drug-likeness (QED) is 0.422. The second kappa shape index (κ2) is 6.53. The molecule has 3 aromatic rings. The van der Waals surface area contributed by atoms with E-state index in [0.717, 1.165) is 11.0 Å². The van der Waals surface area contributed by atoms with Gasteiger partial charge in [0.25, 0.3) is 0 Å². The molecule has 2 heterocycles. The molecule has 3 rings (SSSR count). The highest BCUT2D eigenvalue weighted by Gasteiger charge is 2.12. The molecule has 0 aliphatic heterocycles. The Morgan fingerprint density at radius 3 is 2.83 bits per heavy atom. The smallest absolute Gasteiger partial charge is 0.215 e. The standard InChI is InChI=1S/C16H13N3O3S/c1-10-2-4-12(5-3-10)23-15-6-11(8-22-15)13(20)7-14(21)16-17-9-18-19-16/h2-9,21H,1H3,(H,17,18,19). The Morgan fingerprint density at radius 2 is 2.13 bits per heavy atom. The molecule has 0 aliphatic rings. The van der Waals surface area contributed by atoms with Crippen molar-refractivity contribution in [1.82, 2.24) is 15.2 Å². The second-order valence-corrected chi connectivity index (χ2v) is 5.86. The van der Waals surface area contributed by atoms with Crippen LogP contribution in [0.4, 0.5) is 0 Å². The molecule has 2 N–H and O–H groups in total. The molecule has 0 atom stereocenters. The zero-order chi connectivity index (χ0) is 16.2. The van der Waals surface area contributed by atoms with E-state index >= 15 is 0 Å². The molecule has 1 aromatic carbocycles. The highest BCUT2D eigenvalue weighted by Crippen LogP contribution is 2.29. The second-order valence-electron chi connectivity index (χ2n) is 4.79. The summed E-state index contributed by atoms with van der Waals surface area (Å²) >= 11 is 1.42. The van der Waals surface area contributed by atoms with Gasteiger partial charge in [0.2, 0.25) is 5.82 Å². The number of hydrogen-bond donors (Lipinski definition) is 2. The Labute approximate surface area is 136 Å². The van der Waals surface area contributed by atoms with Gasteiger partial charge in [-0.2, -0.15) is 5.10 Å². The fourth-order valence-corrected chi connectivity index (χ4v) is 2.61. The maximum Gasteiger partial charge on any atom is 0.215 e. The minimum Gasteiger partial charge on any atom is -0.504 e. The minimum absolute atomic E-state index is 0.0658. The van der Waals surface area contributed by atoms with Gasteiger partial charge in [-0.1, -0.05) is 29.5 Å². The molecule has 0 aliphatic carbocycles. The van der Waals surface area contributed by atoms with Gasteiger partial charge < -0.3 is 9.52 Å². The summed E-state index contributed by atoms with van der Waals surface area (Å²) in [6.45, 7) is 2.02. The zero-order valence-electron chi connectivity index (χ0n) is 12.2. The molecule has 6 nitrogen and oxygen atoms in total. The van der Waals surface area contributed by atoms with E-state index in [4.69, 9.17) is 4.42 Å².